The Kier molecular flexibility index (Phi) is 4.91. The first kappa shape index (κ1) is 14.4. The fourth-order valence-electron chi connectivity index (χ4n) is 1.81. The monoisotopic (exact) mass is 298 g/mol. The Hall–Kier alpha value is -0.970. The molecule has 19 heavy (non-hydrogen) atoms. The lowest BCUT2D eigenvalue weighted by Crippen LogP contribution is -2.21. The molecule has 0 spiro atoms. The first-order valence-corrected chi connectivity index (χ1v) is 7.41. The van der Waals surface area contributed by atoms with E-state index in [-0.39, 0.29) is 16.9 Å². The minimum absolute atomic E-state index is 0.138. The highest BCUT2D eigenvalue weighted by molar-refractivity contribution is 7.09. The van der Waals surface area contributed by atoms with E-state index in [2.05, 4.69) is 15.7 Å². The van der Waals surface area contributed by atoms with Crippen LogP contribution in [0, 0.1) is 12.7 Å². The van der Waals surface area contributed by atoms with E-state index < -0.39 is 0 Å². The fraction of sp³-hybridized carbons (Fsp3) is 0.357. The third-order valence-electron chi connectivity index (χ3n) is 2.90. The standard InChI is InChI=1S/C14H16ClFN2S/c1-9-8-19-14(18-9)5-6-17-10(2)11-3-4-13(16)12(15)7-11/h3-4,7-8,10,17H,5-6H2,1-2H3. The predicted molar refractivity (Wildman–Crippen MR) is 78.4 cm³/mol. The topological polar surface area (TPSA) is 24.9 Å². The van der Waals surface area contributed by atoms with Gasteiger partial charge in [0.2, 0.25) is 0 Å². The minimum Gasteiger partial charge on any atom is -0.310 e. The molecule has 1 N–H and O–H groups in total. The van der Waals surface area contributed by atoms with Crippen molar-refractivity contribution < 1.29 is 4.39 Å². The van der Waals surface area contributed by atoms with E-state index in [9.17, 15) is 4.39 Å². The lowest BCUT2D eigenvalue weighted by molar-refractivity contribution is 0.572. The number of nitrogens with one attached hydrogen (secondary N) is 1. The highest BCUT2D eigenvalue weighted by Gasteiger charge is 2.08. The normalized spacial score (nSPS) is 12.6. The average molecular weight is 299 g/mol. The van der Waals surface area contributed by atoms with Gasteiger partial charge in [-0.25, -0.2) is 9.37 Å². The van der Waals surface area contributed by atoms with Gasteiger partial charge in [0.05, 0.1) is 10.0 Å². The van der Waals surface area contributed by atoms with E-state index in [0.717, 1.165) is 29.2 Å². The Labute approximate surface area is 121 Å². The molecule has 1 atom stereocenters. The highest BCUT2D eigenvalue weighted by Crippen LogP contribution is 2.20. The number of benzene rings is 1. The molecule has 0 radical (unpaired) electrons. The van der Waals surface area contributed by atoms with Gasteiger partial charge in [0.25, 0.3) is 0 Å². The summed E-state index contributed by atoms with van der Waals surface area (Å²) in [7, 11) is 0. The van der Waals surface area contributed by atoms with Gasteiger partial charge in [0, 0.05) is 30.1 Å². The zero-order valence-corrected chi connectivity index (χ0v) is 12.5. The van der Waals surface area contributed by atoms with Crippen molar-refractivity contribution in [3.05, 3.63) is 50.7 Å². The quantitative estimate of drug-likeness (QED) is 0.897. The lowest BCUT2D eigenvalue weighted by Gasteiger charge is -2.14. The second kappa shape index (κ2) is 6.46. The van der Waals surface area contributed by atoms with Crippen LogP contribution in [0.4, 0.5) is 4.39 Å². The van der Waals surface area contributed by atoms with E-state index in [0.29, 0.717) is 0 Å². The molecule has 1 aromatic heterocycles. The van der Waals surface area contributed by atoms with Crippen molar-refractivity contribution in [1.82, 2.24) is 10.3 Å². The lowest BCUT2D eigenvalue weighted by atomic mass is 10.1. The van der Waals surface area contributed by atoms with Crippen molar-refractivity contribution in [2.75, 3.05) is 6.54 Å². The van der Waals surface area contributed by atoms with Gasteiger partial charge < -0.3 is 5.32 Å². The van der Waals surface area contributed by atoms with Crippen LogP contribution in [0.5, 0.6) is 0 Å². The molecule has 0 aliphatic heterocycles. The molecule has 2 rings (SSSR count). The largest absolute Gasteiger partial charge is 0.310 e. The van der Waals surface area contributed by atoms with Crippen molar-refractivity contribution in [1.29, 1.82) is 0 Å². The van der Waals surface area contributed by atoms with Crippen molar-refractivity contribution >= 4 is 22.9 Å². The second-order valence-electron chi connectivity index (χ2n) is 4.48. The zero-order chi connectivity index (χ0) is 13.8. The Morgan fingerprint density at radius 2 is 2.26 bits per heavy atom. The van der Waals surface area contributed by atoms with Gasteiger partial charge in [-0.2, -0.15) is 0 Å². The van der Waals surface area contributed by atoms with Gasteiger partial charge in [0.15, 0.2) is 0 Å². The molecule has 2 aromatic rings. The van der Waals surface area contributed by atoms with Gasteiger partial charge in [-0.1, -0.05) is 17.7 Å². The average Bonchev–Trinajstić information content (AvgIpc) is 2.78. The molecule has 0 saturated heterocycles. The van der Waals surface area contributed by atoms with Crippen LogP contribution >= 0.6 is 22.9 Å². The maximum Gasteiger partial charge on any atom is 0.141 e. The van der Waals surface area contributed by atoms with Crippen LogP contribution in [0.15, 0.2) is 23.6 Å². The highest BCUT2D eigenvalue weighted by atomic mass is 35.5. The molecule has 1 heterocycles. The summed E-state index contributed by atoms with van der Waals surface area (Å²) in [5, 5.41) is 6.74. The van der Waals surface area contributed by atoms with Crippen LogP contribution in [0.3, 0.4) is 0 Å². The molecule has 0 amide bonds. The molecular formula is C14H16ClFN2S. The molecule has 2 nitrogen and oxygen atoms in total. The summed E-state index contributed by atoms with van der Waals surface area (Å²) in [4.78, 5) is 4.41. The van der Waals surface area contributed by atoms with E-state index in [1.165, 1.54) is 6.07 Å². The molecule has 102 valence electrons. The summed E-state index contributed by atoms with van der Waals surface area (Å²) in [6.45, 7) is 4.87. The summed E-state index contributed by atoms with van der Waals surface area (Å²) in [6.07, 6.45) is 0.901. The maximum atomic E-state index is 13.1. The third kappa shape index (κ3) is 4.00. The van der Waals surface area contributed by atoms with E-state index in [1.807, 2.05) is 13.8 Å². The van der Waals surface area contributed by atoms with Crippen LogP contribution in [0.2, 0.25) is 5.02 Å². The Morgan fingerprint density at radius 1 is 1.47 bits per heavy atom. The summed E-state index contributed by atoms with van der Waals surface area (Å²) in [6, 6.07) is 4.97. The number of rotatable bonds is 5. The number of nitrogens with zero attached hydrogens (tertiary/aromatic N) is 1. The summed E-state index contributed by atoms with van der Waals surface area (Å²) < 4.78 is 13.1. The fourth-order valence-corrected chi connectivity index (χ4v) is 2.78. The molecule has 0 fully saturated rings. The minimum atomic E-state index is -0.379. The molecule has 0 saturated carbocycles. The van der Waals surface area contributed by atoms with Crippen LogP contribution in [-0.4, -0.2) is 11.5 Å². The predicted octanol–water partition coefficient (Wildman–Crippen LogP) is 4.14. The van der Waals surface area contributed by atoms with Crippen molar-refractivity contribution in [3.63, 3.8) is 0 Å². The summed E-state index contributed by atoms with van der Waals surface area (Å²) in [5.41, 5.74) is 2.06. The Balaban J connectivity index is 1.86. The summed E-state index contributed by atoms with van der Waals surface area (Å²) in [5.74, 6) is -0.379. The number of halogens is 2. The van der Waals surface area contributed by atoms with Crippen LogP contribution in [0.25, 0.3) is 0 Å². The number of hydrogen-bond donors (Lipinski definition) is 1. The molecular weight excluding hydrogens is 283 g/mol. The van der Waals surface area contributed by atoms with Crippen molar-refractivity contribution in [2.45, 2.75) is 26.3 Å². The third-order valence-corrected chi connectivity index (χ3v) is 4.22. The van der Waals surface area contributed by atoms with Gasteiger partial charge in [-0.05, 0) is 31.5 Å². The second-order valence-corrected chi connectivity index (χ2v) is 5.83. The van der Waals surface area contributed by atoms with E-state index >= 15 is 0 Å². The van der Waals surface area contributed by atoms with Gasteiger partial charge in [-0.3, -0.25) is 0 Å². The van der Waals surface area contributed by atoms with Crippen LogP contribution < -0.4 is 5.32 Å². The van der Waals surface area contributed by atoms with Gasteiger partial charge >= 0.3 is 0 Å². The van der Waals surface area contributed by atoms with E-state index in [4.69, 9.17) is 11.6 Å². The number of hydrogen-bond acceptors (Lipinski definition) is 3. The van der Waals surface area contributed by atoms with Crippen LogP contribution in [-0.2, 0) is 6.42 Å². The molecule has 1 aromatic carbocycles. The van der Waals surface area contributed by atoms with Crippen molar-refractivity contribution in [2.24, 2.45) is 0 Å². The van der Waals surface area contributed by atoms with Gasteiger partial charge in [-0.15, -0.1) is 11.3 Å². The van der Waals surface area contributed by atoms with Gasteiger partial charge in [0.1, 0.15) is 5.82 Å². The smallest absolute Gasteiger partial charge is 0.141 e. The summed E-state index contributed by atoms with van der Waals surface area (Å²) >= 11 is 7.46. The molecule has 0 bridgehead atoms. The zero-order valence-electron chi connectivity index (χ0n) is 10.9. The first-order chi connectivity index (χ1) is 9.06. The van der Waals surface area contributed by atoms with E-state index in [1.54, 1.807) is 23.5 Å². The molecule has 0 aliphatic carbocycles. The Bertz CT molecular complexity index is 556. The number of aromatic nitrogens is 1. The molecule has 0 aliphatic rings. The number of thiazole rings is 1. The maximum absolute atomic E-state index is 13.1. The molecule has 5 heteroatoms. The number of aryl methyl sites for hydroxylation is 1. The van der Waals surface area contributed by atoms with Crippen LogP contribution in [0.1, 0.15) is 29.2 Å². The molecule has 1 unspecified atom stereocenters. The van der Waals surface area contributed by atoms with Crippen molar-refractivity contribution in [3.8, 4) is 0 Å². The Morgan fingerprint density at radius 3 is 2.89 bits per heavy atom. The first-order valence-electron chi connectivity index (χ1n) is 6.15. The SMILES string of the molecule is Cc1csc(CCNC(C)c2ccc(F)c(Cl)c2)n1.